The van der Waals surface area contributed by atoms with Gasteiger partial charge in [-0.2, -0.15) is 4.98 Å². The van der Waals surface area contributed by atoms with Crippen LogP contribution in [0.2, 0.25) is 0 Å². The number of hydrogen-bond donors (Lipinski definition) is 1. The summed E-state index contributed by atoms with van der Waals surface area (Å²) in [6, 6.07) is 5.34. The van der Waals surface area contributed by atoms with Crippen molar-refractivity contribution in [3.63, 3.8) is 0 Å². The Morgan fingerprint density at radius 2 is 2.16 bits per heavy atom. The van der Waals surface area contributed by atoms with Crippen molar-refractivity contribution in [1.82, 2.24) is 10.1 Å². The Bertz CT molecular complexity index is 566. The molecule has 1 atom stereocenters. The highest BCUT2D eigenvalue weighted by molar-refractivity contribution is 5.55. The Hall–Kier alpha value is -2.32. The molecule has 1 aromatic carbocycles. The Morgan fingerprint density at radius 3 is 2.74 bits per heavy atom. The van der Waals surface area contributed by atoms with Crippen LogP contribution >= 0.6 is 0 Å². The largest absolute Gasteiger partial charge is 0.383 e. The molecule has 8 heteroatoms. The molecular formula is C11H12N4O4. The summed E-state index contributed by atoms with van der Waals surface area (Å²) in [5, 5.41) is 14.3. The first kappa shape index (κ1) is 13.1. The molecule has 0 aliphatic heterocycles. The average molecular weight is 264 g/mol. The molecule has 19 heavy (non-hydrogen) atoms. The monoisotopic (exact) mass is 264 g/mol. The summed E-state index contributed by atoms with van der Waals surface area (Å²) in [4.78, 5) is 14.2. The maximum absolute atomic E-state index is 10.5. The van der Waals surface area contributed by atoms with E-state index in [4.69, 9.17) is 15.0 Å². The van der Waals surface area contributed by atoms with Gasteiger partial charge in [0.15, 0.2) is 5.82 Å². The van der Waals surface area contributed by atoms with E-state index in [1.807, 2.05) is 0 Å². The van der Waals surface area contributed by atoms with Gasteiger partial charge < -0.3 is 15.0 Å². The van der Waals surface area contributed by atoms with Crippen molar-refractivity contribution in [2.45, 2.75) is 6.04 Å². The molecule has 8 nitrogen and oxygen atoms in total. The predicted octanol–water partition coefficient (Wildman–Crippen LogP) is 1.29. The van der Waals surface area contributed by atoms with E-state index < -0.39 is 11.0 Å². The number of nitrogens with two attached hydrogens (primary N) is 1. The lowest BCUT2D eigenvalue weighted by Gasteiger charge is -2.03. The normalized spacial score (nSPS) is 12.3. The molecule has 1 heterocycles. The fourth-order valence-corrected chi connectivity index (χ4v) is 1.48. The van der Waals surface area contributed by atoms with Gasteiger partial charge in [-0.25, -0.2) is 0 Å². The van der Waals surface area contributed by atoms with Crippen LogP contribution in [-0.4, -0.2) is 28.8 Å². The third-order valence-electron chi connectivity index (χ3n) is 2.44. The van der Waals surface area contributed by atoms with Crippen molar-refractivity contribution in [3.05, 3.63) is 40.2 Å². The maximum Gasteiger partial charge on any atom is 0.269 e. The Kier molecular flexibility index (Phi) is 3.83. The van der Waals surface area contributed by atoms with Gasteiger partial charge in [0, 0.05) is 24.8 Å². The van der Waals surface area contributed by atoms with E-state index in [1.165, 1.54) is 31.4 Å². The number of nitro groups is 1. The van der Waals surface area contributed by atoms with E-state index in [0.29, 0.717) is 11.4 Å². The second kappa shape index (κ2) is 5.55. The summed E-state index contributed by atoms with van der Waals surface area (Å²) >= 11 is 0. The van der Waals surface area contributed by atoms with Crippen molar-refractivity contribution in [2.24, 2.45) is 5.73 Å². The van der Waals surface area contributed by atoms with Crippen molar-refractivity contribution in [1.29, 1.82) is 0 Å². The number of ether oxygens (including phenoxy) is 1. The Morgan fingerprint density at radius 1 is 1.47 bits per heavy atom. The molecule has 2 aromatic rings. The summed E-state index contributed by atoms with van der Waals surface area (Å²) in [5.74, 6) is 0.589. The van der Waals surface area contributed by atoms with Gasteiger partial charge in [0.1, 0.15) is 0 Å². The summed E-state index contributed by atoms with van der Waals surface area (Å²) < 4.78 is 9.95. The number of non-ortho nitro benzene ring substituents is 1. The van der Waals surface area contributed by atoms with Gasteiger partial charge >= 0.3 is 0 Å². The molecule has 0 aliphatic carbocycles. The summed E-state index contributed by atoms with van der Waals surface area (Å²) in [7, 11) is 1.52. The van der Waals surface area contributed by atoms with Crippen LogP contribution in [0, 0.1) is 10.1 Å². The van der Waals surface area contributed by atoms with E-state index in [0.717, 1.165) is 0 Å². The lowest BCUT2D eigenvalue weighted by Crippen LogP contribution is -2.17. The number of methoxy groups -OCH3 is 1. The van der Waals surface area contributed by atoms with E-state index in [1.54, 1.807) is 0 Å². The number of aromatic nitrogens is 2. The van der Waals surface area contributed by atoms with Crippen LogP contribution in [-0.2, 0) is 4.74 Å². The lowest BCUT2D eigenvalue weighted by atomic mass is 10.2. The molecule has 0 bridgehead atoms. The van der Waals surface area contributed by atoms with Gasteiger partial charge in [-0.3, -0.25) is 10.1 Å². The minimum absolute atomic E-state index is 0.000395. The minimum Gasteiger partial charge on any atom is -0.383 e. The van der Waals surface area contributed by atoms with Gasteiger partial charge in [0.05, 0.1) is 17.6 Å². The molecule has 100 valence electrons. The molecule has 0 saturated carbocycles. The zero-order valence-electron chi connectivity index (χ0n) is 10.1. The van der Waals surface area contributed by atoms with Crippen LogP contribution in [0.15, 0.2) is 28.8 Å². The van der Waals surface area contributed by atoms with Crippen molar-refractivity contribution in [2.75, 3.05) is 13.7 Å². The quantitative estimate of drug-likeness (QED) is 0.638. The zero-order valence-corrected chi connectivity index (χ0v) is 10.1. The number of hydrogen-bond acceptors (Lipinski definition) is 7. The topological polar surface area (TPSA) is 117 Å². The predicted molar refractivity (Wildman–Crippen MR) is 65.2 cm³/mol. The molecule has 1 aromatic heterocycles. The maximum atomic E-state index is 10.5. The van der Waals surface area contributed by atoms with Crippen LogP contribution in [0.4, 0.5) is 5.69 Å². The van der Waals surface area contributed by atoms with Gasteiger partial charge in [-0.05, 0) is 12.1 Å². The standard InChI is InChI=1S/C11H12N4O4/c1-18-6-9(12)10-13-11(19-14-10)7-2-4-8(5-3-7)15(16)17/h2-5,9H,6,12H2,1H3. The van der Waals surface area contributed by atoms with Crippen LogP contribution in [0.5, 0.6) is 0 Å². The SMILES string of the molecule is COCC(N)c1noc(-c2ccc([N+](=O)[O-])cc2)n1. The first-order valence-corrected chi connectivity index (χ1v) is 5.44. The van der Waals surface area contributed by atoms with Crippen LogP contribution in [0.25, 0.3) is 11.5 Å². The molecule has 1 unspecified atom stereocenters. The van der Waals surface area contributed by atoms with E-state index >= 15 is 0 Å². The molecule has 0 spiro atoms. The first-order valence-electron chi connectivity index (χ1n) is 5.44. The third kappa shape index (κ3) is 2.92. The number of nitro benzene ring substituents is 1. The second-order valence-electron chi connectivity index (χ2n) is 3.82. The first-order chi connectivity index (χ1) is 9.11. The highest BCUT2D eigenvalue weighted by Gasteiger charge is 2.15. The van der Waals surface area contributed by atoms with Crippen molar-refractivity contribution in [3.8, 4) is 11.5 Å². The van der Waals surface area contributed by atoms with E-state index in [9.17, 15) is 10.1 Å². The van der Waals surface area contributed by atoms with Gasteiger partial charge in [-0.1, -0.05) is 5.16 Å². The lowest BCUT2D eigenvalue weighted by molar-refractivity contribution is -0.384. The van der Waals surface area contributed by atoms with E-state index in [-0.39, 0.29) is 18.2 Å². The fourth-order valence-electron chi connectivity index (χ4n) is 1.48. The number of rotatable bonds is 5. The molecule has 0 amide bonds. The molecule has 0 saturated heterocycles. The van der Waals surface area contributed by atoms with Gasteiger partial charge in [-0.15, -0.1) is 0 Å². The summed E-state index contributed by atoms with van der Waals surface area (Å²) in [6.45, 7) is 0.277. The Balaban J connectivity index is 2.20. The van der Waals surface area contributed by atoms with Crippen LogP contribution < -0.4 is 5.73 Å². The molecule has 0 radical (unpaired) electrons. The summed E-state index contributed by atoms with van der Waals surface area (Å²) in [6.07, 6.45) is 0. The molecule has 0 fully saturated rings. The number of benzene rings is 1. The number of nitrogens with zero attached hydrogens (tertiary/aromatic N) is 3. The van der Waals surface area contributed by atoms with Gasteiger partial charge in [0.2, 0.25) is 0 Å². The third-order valence-corrected chi connectivity index (χ3v) is 2.44. The van der Waals surface area contributed by atoms with Gasteiger partial charge in [0.25, 0.3) is 11.6 Å². The minimum atomic E-state index is -0.475. The molecule has 2 rings (SSSR count). The second-order valence-corrected chi connectivity index (χ2v) is 3.82. The highest BCUT2D eigenvalue weighted by atomic mass is 16.6. The molecule has 0 aliphatic rings. The Labute approximate surface area is 108 Å². The zero-order chi connectivity index (χ0) is 13.8. The van der Waals surface area contributed by atoms with Crippen LogP contribution in [0.3, 0.4) is 0 Å². The molecular weight excluding hydrogens is 252 g/mol. The molecule has 2 N–H and O–H groups in total. The highest BCUT2D eigenvalue weighted by Crippen LogP contribution is 2.21. The fraction of sp³-hybridized carbons (Fsp3) is 0.273. The smallest absolute Gasteiger partial charge is 0.269 e. The van der Waals surface area contributed by atoms with Crippen molar-refractivity contribution < 1.29 is 14.2 Å². The average Bonchev–Trinajstić information content (AvgIpc) is 2.89. The van der Waals surface area contributed by atoms with E-state index in [2.05, 4.69) is 10.1 Å². The van der Waals surface area contributed by atoms with Crippen molar-refractivity contribution >= 4 is 5.69 Å². The van der Waals surface area contributed by atoms with Crippen LogP contribution in [0.1, 0.15) is 11.9 Å². The summed E-state index contributed by atoms with van der Waals surface area (Å²) in [5.41, 5.74) is 6.35.